The summed E-state index contributed by atoms with van der Waals surface area (Å²) in [5.41, 5.74) is 1.49. The van der Waals surface area contributed by atoms with Gasteiger partial charge in [-0.25, -0.2) is 4.98 Å². The molecule has 3 nitrogen and oxygen atoms in total. The van der Waals surface area contributed by atoms with Crippen molar-refractivity contribution in [2.75, 3.05) is 19.3 Å². The number of hydrogen-bond acceptors (Lipinski definition) is 5. The number of aryl methyl sites for hydroxylation is 1. The summed E-state index contributed by atoms with van der Waals surface area (Å²) in [6.45, 7) is 0.900. The Morgan fingerprint density at radius 1 is 1.50 bits per heavy atom. The normalized spacial score (nSPS) is 14.7. The molecule has 0 unspecified atom stereocenters. The van der Waals surface area contributed by atoms with Gasteiger partial charge in [-0.3, -0.25) is 0 Å². The average Bonchev–Trinajstić information content (AvgIpc) is 3.02. The fraction of sp³-hybridized carbons (Fsp3) is 0.462. The lowest BCUT2D eigenvalue weighted by Crippen LogP contribution is -2.10. The highest BCUT2D eigenvalue weighted by Gasteiger charge is 2.16. The molecule has 0 fully saturated rings. The molecule has 0 amide bonds. The Labute approximate surface area is 115 Å². The molecule has 3 heterocycles. The number of nitrogens with one attached hydrogen (secondary N) is 1. The lowest BCUT2D eigenvalue weighted by molar-refractivity contribution is 0.501. The molecule has 0 saturated carbocycles. The zero-order valence-corrected chi connectivity index (χ0v) is 12.0. The van der Waals surface area contributed by atoms with Crippen molar-refractivity contribution in [2.24, 2.45) is 0 Å². The van der Waals surface area contributed by atoms with Gasteiger partial charge in [-0.05, 0) is 30.9 Å². The zero-order chi connectivity index (χ0) is 12.4. The molecule has 0 atom stereocenters. The zero-order valence-electron chi connectivity index (χ0n) is 10.4. The van der Waals surface area contributed by atoms with Crippen molar-refractivity contribution in [3.05, 3.63) is 28.6 Å². The van der Waals surface area contributed by atoms with Crippen molar-refractivity contribution in [1.29, 1.82) is 0 Å². The molecular weight excluding hydrogens is 264 g/mol. The number of likely N-dealkylation sites (N-methyl/N-ethyl adjacent to an activating group) is 1. The molecule has 0 radical (unpaired) electrons. The Kier molecular flexibility index (Phi) is 3.72. The van der Waals surface area contributed by atoms with Gasteiger partial charge in [0.25, 0.3) is 0 Å². The Hall–Kier alpha value is -0.780. The Morgan fingerprint density at radius 3 is 3.28 bits per heavy atom. The minimum Gasteiger partial charge on any atom is -0.440 e. The third kappa shape index (κ3) is 2.48. The van der Waals surface area contributed by atoms with E-state index in [1.165, 1.54) is 27.5 Å². The molecule has 3 rings (SSSR count). The van der Waals surface area contributed by atoms with Crippen molar-refractivity contribution >= 4 is 23.1 Å². The predicted octanol–water partition coefficient (Wildman–Crippen LogP) is 2.95. The molecule has 0 aromatic carbocycles. The monoisotopic (exact) mass is 280 g/mol. The quantitative estimate of drug-likeness (QED) is 0.934. The highest BCUT2D eigenvalue weighted by Crippen LogP contribution is 2.37. The number of hydrogen-bond donors (Lipinski definition) is 1. The van der Waals surface area contributed by atoms with Crippen LogP contribution in [-0.4, -0.2) is 24.3 Å². The molecular formula is C13H16N2OS2. The van der Waals surface area contributed by atoms with E-state index in [-0.39, 0.29) is 0 Å². The van der Waals surface area contributed by atoms with Crippen LogP contribution in [-0.2, 0) is 18.6 Å². The molecule has 5 heteroatoms. The standard InChI is InChI=1S/C13H16N2OS2/c1-14-4-2-13-15-7-10(16-13)12-6-9-8-17-5-3-11(9)18-12/h6-7,14H,2-5,8H2,1H3. The van der Waals surface area contributed by atoms with Crippen molar-refractivity contribution in [3.8, 4) is 10.6 Å². The van der Waals surface area contributed by atoms with Gasteiger partial charge in [-0.1, -0.05) is 0 Å². The first kappa shape index (κ1) is 12.3. The average molecular weight is 280 g/mol. The summed E-state index contributed by atoms with van der Waals surface area (Å²) in [4.78, 5) is 7.08. The van der Waals surface area contributed by atoms with E-state index < -0.39 is 0 Å². The van der Waals surface area contributed by atoms with Crippen molar-refractivity contribution in [1.82, 2.24) is 10.3 Å². The minimum absolute atomic E-state index is 0.820. The maximum Gasteiger partial charge on any atom is 0.196 e. The van der Waals surface area contributed by atoms with E-state index in [9.17, 15) is 0 Å². The second kappa shape index (κ2) is 5.47. The van der Waals surface area contributed by atoms with E-state index in [4.69, 9.17) is 4.42 Å². The van der Waals surface area contributed by atoms with E-state index >= 15 is 0 Å². The fourth-order valence-electron chi connectivity index (χ4n) is 2.04. The summed E-state index contributed by atoms with van der Waals surface area (Å²) in [5.74, 6) is 4.13. The molecule has 1 N–H and O–H groups in total. The predicted molar refractivity (Wildman–Crippen MR) is 77.3 cm³/mol. The van der Waals surface area contributed by atoms with Crippen LogP contribution in [0, 0.1) is 0 Å². The molecule has 0 saturated heterocycles. The van der Waals surface area contributed by atoms with Crippen LogP contribution in [0.3, 0.4) is 0 Å². The van der Waals surface area contributed by atoms with Gasteiger partial charge in [0.2, 0.25) is 0 Å². The van der Waals surface area contributed by atoms with Gasteiger partial charge in [0.1, 0.15) is 0 Å². The second-order valence-corrected chi connectivity index (χ2v) is 6.58. The first-order valence-corrected chi connectivity index (χ1v) is 8.13. The van der Waals surface area contributed by atoms with Gasteiger partial charge in [0.15, 0.2) is 11.7 Å². The molecule has 0 bridgehead atoms. The third-order valence-corrected chi connectivity index (χ3v) is 5.27. The highest BCUT2D eigenvalue weighted by molar-refractivity contribution is 7.98. The van der Waals surface area contributed by atoms with Gasteiger partial charge in [0, 0.05) is 23.6 Å². The largest absolute Gasteiger partial charge is 0.440 e. The summed E-state index contributed by atoms with van der Waals surface area (Å²) in [6.07, 6.45) is 3.90. The molecule has 18 heavy (non-hydrogen) atoms. The number of aromatic nitrogens is 1. The minimum atomic E-state index is 0.820. The SMILES string of the molecule is CNCCc1ncc(-c2cc3c(s2)CCSC3)o1. The van der Waals surface area contributed by atoms with E-state index in [0.29, 0.717) is 0 Å². The molecule has 1 aliphatic rings. The molecule has 1 aliphatic heterocycles. The molecule has 0 aliphatic carbocycles. The van der Waals surface area contributed by atoms with Crippen LogP contribution >= 0.6 is 23.1 Å². The van der Waals surface area contributed by atoms with Gasteiger partial charge < -0.3 is 9.73 Å². The van der Waals surface area contributed by atoms with Crippen LogP contribution in [0.4, 0.5) is 0 Å². The number of rotatable bonds is 4. The highest BCUT2D eigenvalue weighted by atomic mass is 32.2. The van der Waals surface area contributed by atoms with Crippen LogP contribution in [0.2, 0.25) is 0 Å². The van der Waals surface area contributed by atoms with E-state index in [1.54, 1.807) is 0 Å². The van der Waals surface area contributed by atoms with Gasteiger partial charge >= 0.3 is 0 Å². The lowest BCUT2D eigenvalue weighted by Gasteiger charge is -2.08. The second-order valence-electron chi connectivity index (χ2n) is 4.33. The third-order valence-electron chi connectivity index (χ3n) is 3.01. The van der Waals surface area contributed by atoms with Gasteiger partial charge in [0.05, 0.1) is 11.1 Å². The smallest absolute Gasteiger partial charge is 0.196 e. The van der Waals surface area contributed by atoms with Crippen molar-refractivity contribution in [3.63, 3.8) is 0 Å². The van der Waals surface area contributed by atoms with Gasteiger partial charge in [-0.2, -0.15) is 11.8 Å². The number of thioether (sulfide) groups is 1. The first-order valence-electron chi connectivity index (χ1n) is 6.16. The van der Waals surface area contributed by atoms with E-state index in [0.717, 1.165) is 30.4 Å². The molecule has 0 spiro atoms. The maximum atomic E-state index is 5.80. The summed E-state index contributed by atoms with van der Waals surface area (Å²) in [6, 6.07) is 2.27. The summed E-state index contributed by atoms with van der Waals surface area (Å²) in [7, 11) is 1.94. The molecule has 2 aromatic heterocycles. The number of nitrogens with zero attached hydrogens (tertiary/aromatic N) is 1. The van der Waals surface area contributed by atoms with Crippen LogP contribution in [0.15, 0.2) is 16.7 Å². The lowest BCUT2D eigenvalue weighted by atomic mass is 10.2. The molecule has 2 aromatic rings. The Morgan fingerprint density at radius 2 is 2.44 bits per heavy atom. The van der Waals surface area contributed by atoms with Crippen LogP contribution in [0.1, 0.15) is 16.3 Å². The van der Waals surface area contributed by atoms with E-state index in [2.05, 4.69) is 16.4 Å². The summed E-state index contributed by atoms with van der Waals surface area (Å²) in [5, 5.41) is 3.10. The molecule has 96 valence electrons. The maximum absolute atomic E-state index is 5.80. The number of oxazole rings is 1. The van der Waals surface area contributed by atoms with Crippen LogP contribution in [0.5, 0.6) is 0 Å². The van der Waals surface area contributed by atoms with Crippen molar-refractivity contribution in [2.45, 2.75) is 18.6 Å². The summed E-state index contributed by atoms with van der Waals surface area (Å²) >= 11 is 3.88. The van der Waals surface area contributed by atoms with Gasteiger partial charge in [-0.15, -0.1) is 11.3 Å². The van der Waals surface area contributed by atoms with Crippen molar-refractivity contribution < 1.29 is 4.42 Å². The number of fused-ring (bicyclic) bond motifs is 1. The topological polar surface area (TPSA) is 38.1 Å². The van der Waals surface area contributed by atoms with Crippen LogP contribution in [0.25, 0.3) is 10.6 Å². The summed E-state index contributed by atoms with van der Waals surface area (Å²) < 4.78 is 5.80. The fourth-order valence-corrected chi connectivity index (χ4v) is 4.36. The number of thiophene rings is 1. The Bertz CT molecular complexity index is 509. The first-order chi connectivity index (χ1) is 8.86. The van der Waals surface area contributed by atoms with E-state index in [1.807, 2.05) is 36.3 Å². The Balaban J connectivity index is 1.81. The van der Waals surface area contributed by atoms with Crippen LogP contribution < -0.4 is 5.32 Å².